The van der Waals surface area contributed by atoms with Crippen LogP contribution < -0.4 is 5.32 Å². The maximum absolute atomic E-state index is 14.6. The second-order valence-electron chi connectivity index (χ2n) is 6.93. The molecular formula is C21H23ClF2N2O2. The van der Waals surface area contributed by atoms with Crippen molar-refractivity contribution in [2.24, 2.45) is 0 Å². The highest BCUT2D eigenvalue weighted by Gasteiger charge is 2.29. The number of ether oxygens (including phenoxy) is 1. The molecule has 1 saturated heterocycles. The Labute approximate surface area is 168 Å². The van der Waals surface area contributed by atoms with Gasteiger partial charge in [-0.05, 0) is 36.8 Å². The number of hydrogen-bond acceptors (Lipinski definition) is 3. The molecule has 1 fully saturated rings. The van der Waals surface area contributed by atoms with Gasteiger partial charge >= 0.3 is 0 Å². The fourth-order valence-corrected chi connectivity index (χ4v) is 3.72. The molecule has 4 nitrogen and oxygen atoms in total. The summed E-state index contributed by atoms with van der Waals surface area (Å²) in [7, 11) is 0. The van der Waals surface area contributed by atoms with Crippen LogP contribution in [0.15, 0.2) is 42.5 Å². The Hall–Kier alpha value is -2.02. The molecule has 1 N–H and O–H groups in total. The number of nitrogens with one attached hydrogen (secondary N) is 1. The number of carbonyl (C=O) groups is 1. The molecule has 2 atom stereocenters. The minimum atomic E-state index is -0.405. The normalized spacial score (nSPS) is 18.6. The third-order valence-electron chi connectivity index (χ3n) is 4.82. The fraction of sp³-hybridized carbons (Fsp3) is 0.381. The van der Waals surface area contributed by atoms with Gasteiger partial charge in [0.15, 0.2) is 0 Å². The van der Waals surface area contributed by atoms with Crippen molar-refractivity contribution in [3.8, 4) is 0 Å². The maximum atomic E-state index is 14.6. The highest BCUT2D eigenvalue weighted by Crippen LogP contribution is 2.31. The number of carbonyl (C=O) groups excluding carboxylic acids is 1. The first kappa shape index (κ1) is 20.7. The number of benzene rings is 2. The summed E-state index contributed by atoms with van der Waals surface area (Å²) in [6.45, 7) is 3.94. The quantitative estimate of drug-likeness (QED) is 0.791. The second kappa shape index (κ2) is 9.45. The van der Waals surface area contributed by atoms with Gasteiger partial charge in [0.2, 0.25) is 5.91 Å². The number of hydrogen-bond donors (Lipinski definition) is 1. The first-order valence-corrected chi connectivity index (χ1v) is 9.62. The van der Waals surface area contributed by atoms with E-state index in [1.54, 1.807) is 24.3 Å². The fourth-order valence-electron chi connectivity index (χ4n) is 3.43. The van der Waals surface area contributed by atoms with Crippen LogP contribution in [-0.2, 0) is 16.0 Å². The predicted octanol–water partition coefficient (Wildman–Crippen LogP) is 3.74. The number of rotatable bonds is 6. The Bertz CT molecular complexity index is 796. The molecule has 3 rings (SSSR count). The summed E-state index contributed by atoms with van der Waals surface area (Å²) in [5.41, 5.74) is 1.08. The Morgan fingerprint density at radius 3 is 2.71 bits per heavy atom. The minimum Gasteiger partial charge on any atom is -0.376 e. The molecule has 2 unspecified atom stereocenters. The van der Waals surface area contributed by atoms with Crippen molar-refractivity contribution in [1.82, 2.24) is 10.2 Å². The lowest BCUT2D eigenvalue weighted by atomic mass is 10.0. The van der Waals surface area contributed by atoms with Crippen LogP contribution in [-0.4, -0.2) is 43.2 Å². The van der Waals surface area contributed by atoms with E-state index in [9.17, 15) is 13.6 Å². The van der Waals surface area contributed by atoms with Crippen LogP contribution in [0.1, 0.15) is 24.1 Å². The molecule has 1 aliphatic heterocycles. The van der Waals surface area contributed by atoms with Crippen molar-refractivity contribution in [2.75, 3.05) is 26.2 Å². The lowest BCUT2D eigenvalue weighted by molar-refractivity contribution is -0.120. The molecule has 2 aromatic rings. The van der Waals surface area contributed by atoms with E-state index in [0.717, 1.165) is 0 Å². The van der Waals surface area contributed by atoms with Gasteiger partial charge in [0.1, 0.15) is 11.6 Å². The third kappa shape index (κ3) is 5.28. The molecule has 0 radical (unpaired) electrons. The van der Waals surface area contributed by atoms with Crippen LogP contribution in [0.5, 0.6) is 0 Å². The zero-order valence-corrected chi connectivity index (χ0v) is 16.4. The topological polar surface area (TPSA) is 41.6 Å². The van der Waals surface area contributed by atoms with Crippen LogP contribution in [0.3, 0.4) is 0 Å². The molecule has 1 heterocycles. The minimum absolute atomic E-state index is 0.0108. The zero-order valence-electron chi connectivity index (χ0n) is 15.6. The van der Waals surface area contributed by atoms with Crippen molar-refractivity contribution < 1.29 is 18.3 Å². The smallest absolute Gasteiger partial charge is 0.224 e. The Kier molecular flexibility index (Phi) is 6.99. The van der Waals surface area contributed by atoms with Crippen molar-refractivity contribution in [1.29, 1.82) is 0 Å². The monoisotopic (exact) mass is 408 g/mol. The van der Waals surface area contributed by atoms with Crippen LogP contribution in [0.4, 0.5) is 8.78 Å². The van der Waals surface area contributed by atoms with E-state index < -0.39 is 11.9 Å². The van der Waals surface area contributed by atoms with Crippen molar-refractivity contribution in [3.63, 3.8) is 0 Å². The van der Waals surface area contributed by atoms with Gasteiger partial charge in [-0.3, -0.25) is 9.69 Å². The summed E-state index contributed by atoms with van der Waals surface area (Å²) in [6, 6.07) is 9.97. The van der Waals surface area contributed by atoms with Crippen molar-refractivity contribution in [2.45, 2.75) is 25.5 Å². The molecule has 0 bridgehead atoms. The lowest BCUT2D eigenvalue weighted by Crippen LogP contribution is -2.47. The van der Waals surface area contributed by atoms with Gasteiger partial charge in [0.05, 0.1) is 25.2 Å². The molecule has 0 spiro atoms. The summed E-state index contributed by atoms with van der Waals surface area (Å²) >= 11 is 6.29. The molecular weight excluding hydrogens is 386 g/mol. The first-order valence-electron chi connectivity index (χ1n) is 9.24. The standard InChI is InChI=1S/C21H23ClF2N2O2/c1-14-13-26(9-10-28-14)19(21-17(22)3-2-4-18(21)24)12-25-20(27)11-15-5-7-16(23)8-6-15/h2-8,14,19H,9-13H2,1H3,(H,25,27). The molecule has 0 aliphatic carbocycles. The van der Waals surface area contributed by atoms with E-state index in [-0.39, 0.29) is 30.8 Å². The SMILES string of the molecule is CC1CN(C(CNC(=O)Cc2ccc(F)cc2)c2c(F)cccc2Cl)CCO1. The van der Waals surface area contributed by atoms with E-state index in [2.05, 4.69) is 10.2 Å². The zero-order chi connectivity index (χ0) is 20.1. The molecule has 7 heteroatoms. The van der Waals surface area contributed by atoms with E-state index >= 15 is 0 Å². The van der Waals surface area contributed by atoms with Gasteiger partial charge in [-0.1, -0.05) is 29.8 Å². The third-order valence-corrected chi connectivity index (χ3v) is 5.15. The van der Waals surface area contributed by atoms with Gasteiger partial charge in [0.25, 0.3) is 0 Å². The van der Waals surface area contributed by atoms with Gasteiger partial charge in [-0.15, -0.1) is 0 Å². The Balaban J connectivity index is 1.73. The first-order chi connectivity index (χ1) is 13.4. The molecule has 1 aliphatic rings. The maximum Gasteiger partial charge on any atom is 0.224 e. The number of nitrogens with zero attached hydrogens (tertiary/aromatic N) is 1. The Morgan fingerprint density at radius 2 is 2.04 bits per heavy atom. The molecule has 0 aromatic heterocycles. The van der Waals surface area contributed by atoms with E-state index in [4.69, 9.17) is 16.3 Å². The average Bonchev–Trinajstić information content (AvgIpc) is 2.66. The largest absolute Gasteiger partial charge is 0.376 e. The summed E-state index contributed by atoms with van der Waals surface area (Å²) in [5.74, 6) is -0.963. The predicted molar refractivity (Wildman–Crippen MR) is 104 cm³/mol. The van der Waals surface area contributed by atoms with Gasteiger partial charge < -0.3 is 10.1 Å². The molecule has 1 amide bonds. The summed E-state index contributed by atoms with van der Waals surface area (Å²) in [5, 5.41) is 3.20. The van der Waals surface area contributed by atoms with Gasteiger partial charge in [-0.2, -0.15) is 0 Å². The van der Waals surface area contributed by atoms with Crippen LogP contribution in [0.2, 0.25) is 5.02 Å². The number of morpholine rings is 1. The van der Waals surface area contributed by atoms with Crippen LogP contribution >= 0.6 is 11.6 Å². The van der Waals surface area contributed by atoms with E-state index in [1.165, 1.54) is 18.2 Å². The second-order valence-corrected chi connectivity index (χ2v) is 7.34. The number of halogens is 3. The van der Waals surface area contributed by atoms with Crippen LogP contribution in [0, 0.1) is 11.6 Å². The van der Waals surface area contributed by atoms with E-state index in [0.29, 0.717) is 35.8 Å². The van der Waals surface area contributed by atoms with Gasteiger partial charge in [-0.25, -0.2) is 8.78 Å². The van der Waals surface area contributed by atoms with E-state index in [1.807, 2.05) is 6.92 Å². The van der Waals surface area contributed by atoms with Crippen molar-refractivity contribution >= 4 is 17.5 Å². The highest BCUT2D eigenvalue weighted by molar-refractivity contribution is 6.31. The van der Waals surface area contributed by atoms with Crippen molar-refractivity contribution in [3.05, 3.63) is 70.2 Å². The molecule has 150 valence electrons. The number of amides is 1. The summed E-state index contributed by atoms with van der Waals surface area (Å²) in [6.07, 6.45) is 0.133. The molecule has 0 saturated carbocycles. The van der Waals surface area contributed by atoms with Crippen LogP contribution in [0.25, 0.3) is 0 Å². The average molecular weight is 409 g/mol. The highest BCUT2D eigenvalue weighted by atomic mass is 35.5. The summed E-state index contributed by atoms with van der Waals surface area (Å²) < 4.78 is 33.2. The molecule has 28 heavy (non-hydrogen) atoms. The van der Waals surface area contributed by atoms with Gasteiger partial charge in [0, 0.05) is 30.2 Å². The molecule has 2 aromatic carbocycles. The Morgan fingerprint density at radius 1 is 1.29 bits per heavy atom. The lowest BCUT2D eigenvalue weighted by Gasteiger charge is -2.38. The summed E-state index contributed by atoms with van der Waals surface area (Å²) in [4.78, 5) is 14.5.